The second-order valence-electron chi connectivity index (χ2n) is 7.63. The molecular weight excluding hydrogens is 359 g/mol. The molecule has 3 amide bonds. The van der Waals surface area contributed by atoms with Gasteiger partial charge in [0.15, 0.2) is 0 Å². The average Bonchev–Trinajstić information content (AvgIpc) is 3.59. The molecule has 2 saturated carbocycles. The molecule has 2 aliphatic rings. The highest BCUT2D eigenvalue weighted by Crippen LogP contribution is 2.31. The number of nitrogens with zero attached hydrogens (tertiary/aromatic N) is 3. The number of carbonyl (C=O) groups is 2. The van der Waals surface area contributed by atoms with Gasteiger partial charge in [-0.3, -0.25) is 4.79 Å². The first-order chi connectivity index (χ1) is 13.5. The number of hydrogen-bond acceptors (Lipinski definition) is 2. The third-order valence-electron chi connectivity index (χ3n) is 5.36. The van der Waals surface area contributed by atoms with Gasteiger partial charge in [0.25, 0.3) is 0 Å². The number of rotatable bonds is 7. The van der Waals surface area contributed by atoms with E-state index in [1.165, 1.54) is 12.1 Å². The van der Waals surface area contributed by atoms with Gasteiger partial charge in [-0.15, -0.1) is 0 Å². The summed E-state index contributed by atoms with van der Waals surface area (Å²) in [5.74, 6) is -0.541. The summed E-state index contributed by atoms with van der Waals surface area (Å²) in [6.45, 7) is 0.562. The quantitative estimate of drug-likeness (QED) is 0.796. The molecule has 0 spiro atoms. The molecule has 2 aliphatic carbocycles. The smallest absolute Gasteiger partial charge is 0.322 e. The molecule has 148 valence electrons. The van der Waals surface area contributed by atoms with Crippen molar-refractivity contribution in [1.29, 1.82) is 0 Å². The van der Waals surface area contributed by atoms with E-state index in [2.05, 4.69) is 5.32 Å². The molecule has 0 aliphatic heterocycles. The molecule has 6 nitrogen and oxygen atoms in total. The zero-order valence-corrected chi connectivity index (χ0v) is 16.0. The summed E-state index contributed by atoms with van der Waals surface area (Å²) in [5, 5.41) is 2.61. The highest BCUT2D eigenvalue weighted by molar-refractivity contribution is 5.93. The van der Waals surface area contributed by atoms with Gasteiger partial charge in [0, 0.05) is 31.0 Å². The molecule has 2 fully saturated rings. The molecule has 0 saturated heterocycles. The first-order valence-electron chi connectivity index (χ1n) is 9.75. The number of halogens is 1. The van der Waals surface area contributed by atoms with E-state index in [-0.39, 0.29) is 30.2 Å². The van der Waals surface area contributed by atoms with Crippen LogP contribution >= 0.6 is 0 Å². The van der Waals surface area contributed by atoms with Gasteiger partial charge in [0.05, 0.1) is 12.2 Å². The maximum absolute atomic E-state index is 13.9. The van der Waals surface area contributed by atoms with Crippen LogP contribution in [0.5, 0.6) is 0 Å². The molecule has 2 aromatic rings. The summed E-state index contributed by atoms with van der Waals surface area (Å²) in [6, 6.07) is 9.91. The molecule has 28 heavy (non-hydrogen) atoms. The van der Waals surface area contributed by atoms with Crippen molar-refractivity contribution in [2.45, 2.75) is 44.3 Å². The van der Waals surface area contributed by atoms with Gasteiger partial charge < -0.3 is 19.7 Å². The minimum absolute atomic E-state index is 0.0197. The Morgan fingerprint density at radius 3 is 2.36 bits per heavy atom. The third kappa shape index (κ3) is 4.18. The number of para-hydroxylation sites is 1. The van der Waals surface area contributed by atoms with Crippen molar-refractivity contribution in [1.82, 2.24) is 14.4 Å². The molecular formula is C21H25FN4O2. The number of anilines is 1. The van der Waals surface area contributed by atoms with Gasteiger partial charge in [-0.05, 0) is 49.9 Å². The second-order valence-corrected chi connectivity index (χ2v) is 7.63. The van der Waals surface area contributed by atoms with Gasteiger partial charge >= 0.3 is 6.03 Å². The van der Waals surface area contributed by atoms with E-state index in [1.54, 1.807) is 17.0 Å². The number of benzene rings is 1. The van der Waals surface area contributed by atoms with E-state index in [1.807, 2.05) is 34.8 Å². The number of urea groups is 1. The molecule has 1 aromatic carbocycles. The van der Waals surface area contributed by atoms with Crippen molar-refractivity contribution in [3.05, 3.63) is 54.1 Å². The summed E-state index contributed by atoms with van der Waals surface area (Å²) >= 11 is 0. The lowest BCUT2D eigenvalue weighted by Crippen LogP contribution is -2.46. The molecule has 1 aromatic heterocycles. The fraction of sp³-hybridized carbons (Fsp3) is 0.429. The third-order valence-corrected chi connectivity index (χ3v) is 5.36. The van der Waals surface area contributed by atoms with Crippen LogP contribution in [0.4, 0.5) is 14.9 Å². The predicted molar refractivity (Wildman–Crippen MR) is 104 cm³/mol. The van der Waals surface area contributed by atoms with Crippen LogP contribution in [0, 0.1) is 5.82 Å². The molecule has 0 radical (unpaired) electrons. The Morgan fingerprint density at radius 2 is 1.75 bits per heavy atom. The average molecular weight is 384 g/mol. The number of nitrogens with one attached hydrogen (secondary N) is 1. The summed E-state index contributed by atoms with van der Waals surface area (Å²) in [6.07, 6.45) is 5.71. The molecule has 7 heteroatoms. The topological polar surface area (TPSA) is 57.6 Å². The maximum Gasteiger partial charge on any atom is 0.322 e. The Labute approximate surface area is 163 Å². The molecule has 4 rings (SSSR count). The Balaban J connectivity index is 1.44. The Morgan fingerprint density at radius 1 is 1.07 bits per heavy atom. The van der Waals surface area contributed by atoms with Crippen molar-refractivity contribution in [2.24, 2.45) is 7.05 Å². The van der Waals surface area contributed by atoms with Crippen LogP contribution in [0.15, 0.2) is 42.6 Å². The minimum atomic E-state index is -0.485. The van der Waals surface area contributed by atoms with Gasteiger partial charge in [0.2, 0.25) is 5.91 Å². The Kier molecular flexibility index (Phi) is 5.07. The monoisotopic (exact) mass is 384 g/mol. The lowest BCUT2D eigenvalue weighted by Gasteiger charge is -2.28. The highest BCUT2D eigenvalue weighted by atomic mass is 19.1. The first kappa shape index (κ1) is 18.5. The SMILES string of the molecule is Cn1cccc1CN(C(=O)CN(C(=O)Nc1ccccc1F)C1CC1)C1CC1. The predicted octanol–water partition coefficient (Wildman–Crippen LogP) is 3.35. The second kappa shape index (κ2) is 7.66. The number of aromatic nitrogens is 1. The molecule has 1 N–H and O–H groups in total. The summed E-state index contributed by atoms with van der Waals surface area (Å²) in [4.78, 5) is 29.2. The fourth-order valence-electron chi connectivity index (χ4n) is 3.38. The van der Waals surface area contributed by atoms with Crippen LogP contribution in [-0.4, -0.2) is 44.9 Å². The normalized spacial score (nSPS) is 15.9. The number of hydrogen-bond donors (Lipinski definition) is 1. The van der Waals surface area contributed by atoms with Crippen molar-refractivity contribution < 1.29 is 14.0 Å². The molecule has 1 heterocycles. The van der Waals surface area contributed by atoms with Crippen LogP contribution < -0.4 is 5.32 Å². The largest absolute Gasteiger partial charge is 0.353 e. The Bertz CT molecular complexity index is 873. The van der Waals surface area contributed by atoms with Crippen LogP contribution in [0.1, 0.15) is 31.4 Å². The summed E-state index contributed by atoms with van der Waals surface area (Å²) < 4.78 is 15.9. The van der Waals surface area contributed by atoms with Gasteiger partial charge in [-0.1, -0.05) is 12.1 Å². The van der Waals surface area contributed by atoms with Crippen molar-refractivity contribution in [3.63, 3.8) is 0 Å². The van der Waals surface area contributed by atoms with E-state index in [0.717, 1.165) is 31.4 Å². The molecule has 0 unspecified atom stereocenters. The zero-order chi connectivity index (χ0) is 19.7. The van der Waals surface area contributed by atoms with Gasteiger partial charge in [0.1, 0.15) is 12.4 Å². The molecule has 0 bridgehead atoms. The van der Waals surface area contributed by atoms with Crippen LogP contribution in [0.25, 0.3) is 0 Å². The van der Waals surface area contributed by atoms with Crippen molar-refractivity contribution in [3.8, 4) is 0 Å². The standard InChI is InChI=1S/C21H25FN4O2/c1-24-12-4-5-17(24)13-25(15-8-9-15)20(27)14-26(16-10-11-16)21(28)23-19-7-3-2-6-18(19)22/h2-7,12,15-16H,8-11,13-14H2,1H3,(H,23,28). The lowest BCUT2D eigenvalue weighted by molar-refractivity contribution is -0.133. The summed E-state index contributed by atoms with van der Waals surface area (Å²) in [5.41, 5.74) is 1.20. The zero-order valence-electron chi connectivity index (χ0n) is 16.0. The van der Waals surface area contributed by atoms with Crippen molar-refractivity contribution >= 4 is 17.6 Å². The number of carbonyl (C=O) groups excluding carboxylic acids is 2. The Hall–Kier alpha value is -2.83. The lowest BCUT2D eigenvalue weighted by atomic mass is 10.3. The van der Waals surface area contributed by atoms with E-state index in [0.29, 0.717) is 6.54 Å². The van der Waals surface area contributed by atoms with Crippen molar-refractivity contribution in [2.75, 3.05) is 11.9 Å². The first-order valence-corrected chi connectivity index (χ1v) is 9.75. The van der Waals surface area contributed by atoms with Crippen LogP contribution in [0.3, 0.4) is 0 Å². The fourth-order valence-corrected chi connectivity index (χ4v) is 3.38. The van der Waals surface area contributed by atoms with E-state index in [4.69, 9.17) is 0 Å². The van der Waals surface area contributed by atoms with E-state index >= 15 is 0 Å². The maximum atomic E-state index is 13.9. The summed E-state index contributed by atoms with van der Waals surface area (Å²) in [7, 11) is 1.96. The van der Waals surface area contributed by atoms with Crippen LogP contribution in [-0.2, 0) is 18.4 Å². The van der Waals surface area contributed by atoms with Gasteiger partial charge in [-0.2, -0.15) is 0 Å². The number of aryl methyl sites for hydroxylation is 1. The highest BCUT2D eigenvalue weighted by Gasteiger charge is 2.38. The minimum Gasteiger partial charge on any atom is -0.353 e. The van der Waals surface area contributed by atoms with E-state index in [9.17, 15) is 14.0 Å². The number of amides is 3. The van der Waals surface area contributed by atoms with Crippen LogP contribution in [0.2, 0.25) is 0 Å². The van der Waals surface area contributed by atoms with E-state index < -0.39 is 11.8 Å². The van der Waals surface area contributed by atoms with Gasteiger partial charge in [-0.25, -0.2) is 9.18 Å². The molecule has 0 atom stereocenters.